The molecule has 0 spiro atoms. The van der Waals surface area contributed by atoms with Crippen LogP contribution in [-0.4, -0.2) is 15.8 Å². The number of hydrogen-bond acceptors (Lipinski definition) is 2. The predicted octanol–water partition coefficient (Wildman–Crippen LogP) is 3.23. The summed E-state index contributed by atoms with van der Waals surface area (Å²) in [6.45, 7) is 0. The third-order valence-electron chi connectivity index (χ3n) is 4.71. The van der Waals surface area contributed by atoms with Crippen molar-refractivity contribution in [2.45, 2.75) is 51.0 Å². The minimum Gasteiger partial charge on any atom is -0.325 e. The van der Waals surface area contributed by atoms with Gasteiger partial charge in [-0.05, 0) is 24.7 Å². The van der Waals surface area contributed by atoms with Gasteiger partial charge in [0.2, 0.25) is 0 Å². The van der Waals surface area contributed by atoms with Gasteiger partial charge >= 0.3 is 0 Å². The van der Waals surface area contributed by atoms with E-state index < -0.39 is 0 Å². The van der Waals surface area contributed by atoms with E-state index in [1.165, 1.54) is 44.9 Å². The lowest BCUT2D eigenvalue weighted by Gasteiger charge is -2.42. The molecule has 0 aromatic carbocycles. The Labute approximate surface area is 102 Å². The molecule has 0 amide bonds. The summed E-state index contributed by atoms with van der Waals surface area (Å²) in [5.74, 6) is 1.68. The number of aromatic nitrogens is 2. The largest absolute Gasteiger partial charge is 0.325 e. The highest BCUT2D eigenvalue weighted by Crippen LogP contribution is 2.46. The maximum absolute atomic E-state index is 11.0. The first-order valence-corrected chi connectivity index (χ1v) is 6.87. The topological polar surface area (TPSA) is 34.9 Å². The van der Waals surface area contributed by atoms with Gasteiger partial charge in [-0.15, -0.1) is 0 Å². The first-order chi connectivity index (χ1) is 8.40. The van der Waals surface area contributed by atoms with E-state index >= 15 is 0 Å². The normalized spacial score (nSPS) is 33.1. The monoisotopic (exact) mass is 232 g/mol. The summed E-state index contributed by atoms with van der Waals surface area (Å²) >= 11 is 0. The molecule has 2 fully saturated rings. The van der Waals surface area contributed by atoms with Crippen molar-refractivity contribution < 1.29 is 4.79 Å². The van der Waals surface area contributed by atoms with Crippen molar-refractivity contribution in [3.8, 4) is 0 Å². The number of hydrogen-bond donors (Lipinski definition) is 0. The second-order valence-corrected chi connectivity index (χ2v) is 5.55. The fourth-order valence-corrected chi connectivity index (χ4v) is 3.93. The number of fused-ring (bicyclic) bond motifs is 1. The lowest BCUT2D eigenvalue weighted by Crippen LogP contribution is -2.33. The Morgan fingerprint density at radius 2 is 2.00 bits per heavy atom. The molecule has 1 aromatic rings. The minimum atomic E-state index is 0.525. The van der Waals surface area contributed by atoms with Crippen molar-refractivity contribution in [3.05, 3.63) is 18.2 Å². The molecule has 92 valence electrons. The Balaban J connectivity index is 1.88. The second-order valence-electron chi connectivity index (χ2n) is 5.55. The SMILES string of the molecule is O=Cc1cncn1[C@@H]1CCC[C@H]2CCCC[C@@H]21. The Morgan fingerprint density at radius 1 is 1.18 bits per heavy atom. The maximum Gasteiger partial charge on any atom is 0.168 e. The van der Waals surface area contributed by atoms with Crippen LogP contribution in [0.25, 0.3) is 0 Å². The number of carbonyl (C=O) groups is 1. The molecule has 0 aliphatic heterocycles. The third kappa shape index (κ3) is 1.92. The summed E-state index contributed by atoms with van der Waals surface area (Å²) < 4.78 is 2.13. The lowest BCUT2D eigenvalue weighted by atomic mass is 9.68. The standard InChI is InChI=1S/C14H20N2O/c17-9-12-8-15-10-16(12)14-7-3-5-11-4-1-2-6-13(11)14/h8-11,13-14H,1-7H2/t11-,13+,14-/m1/s1. The first-order valence-electron chi connectivity index (χ1n) is 6.87. The number of nitrogens with zero attached hydrogens (tertiary/aromatic N) is 2. The highest BCUT2D eigenvalue weighted by molar-refractivity contribution is 5.71. The fraction of sp³-hybridized carbons (Fsp3) is 0.714. The van der Waals surface area contributed by atoms with Crippen molar-refractivity contribution in [1.82, 2.24) is 9.55 Å². The van der Waals surface area contributed by atoms with E-state index in [0.717, 1.165) is 23.8 Å². The van der Waals surface area contributed by atoms with Gasteiger partial charge in [0.05, 0.1) is 12.5 Å². The molecule has 17 heavy (non-hydrogen) atoms. The molecule has 0 N–H and O–H groups in total. The molecule has 3 heteroatoms. The molecule has 1 aromatic heterocycles. The van der Waals surface area contributed by atoms with Crippen LogP contribution in [0.4, 0.5) is 0 Å². The van der Waals surface area contributed by atoms with E-state index in [9.17, 15) is 4.79 Å². The number of carbonyl (C=O) groups excluding carboxylic acids is 1. The summed E-state index contributed by atoms with van der Waals surface area (Å²) in [4.78, 5) is 15.2. The van der Waals surface area contributed by atoms with Crippen LogP contribution >= 0.6 is 0 Å². The van der Waals surface area contributed by atoms with Gasteiger partial charge in [-0.3, -0.25) is 4.79 Å². The van der Waals surface area contributed by atoms with Crippen LogP contribution in [-0.2, 0) is 0 Å². The van der Waals surface area contributed by atoms with Crippen LogP contribution in [0.15, 0.2) is 12.5 Å². The molecule has 0 radical (unpaired) electrons. The molecule has 0 unspecified atom stereocenters. The molecular formula is C14H20N2O. The van der Waals surface area contributed by atoms with Gasteiger partial charge in [0.15, 0.2) is 6.29 Å². The lowest BCUT2D eigenvalue weighted by molar-refractivity contribution is 0.101. The molecule has 2 aliphatic rings. The van der Waals surface area contributed by atoms with Gasteiger partial charge < -0.3 is 4.57 Å². The van der Waals surface area contributed by atoms with E-state index in [2.05, 4.69) is 9.55 Å². The molecule has 2 saturated carbocycles. The van der Waals surface area contributed by atoms with Crippen LogP contribution in [0.5, 0.6) is 0 Å². The van der Waals surface area contributed by atoms with Gasteiger partial charge in [-0.1, -0.05) is 32.1 Å². The van der Waals surface area contributed by atoms with E-state index in [1.807, 2.05) is 6.33 Å². The quantitative estimate of drug-likeness (QED) is 0.734. The number of imidazole rings is 1. The van der Waals surface area contributed by atoms with Crippen molar-refractivity contribution in [1.29, 1.82) is 0 Å². The molecule has 2 aliphatic carbocycles. The van der Waals surface area contributed by atoms with Gasteiger partial charge in [-0.25, -0.2) is 4.98 Å². The Kier molecular flexibility index (Phi) is 3.00. The minimum absolute atomic E-state index is 0.525. The zero-order valence-electron chi connectivity index (χ0n) is 10.2. The van der Waals surface area contributed by atoms with Gasteiger partial charge in [-0.2, -0.15) is 0 Å². The summed E-state index contributed by atoms with van der Waals surface area (Å²) in [6.07, 6.45) is 13.9. The van der Waals surface area contributed by atoms with Crippen molar-refractivity contribution in [3.63, 3.8) is 0 Å². The predicted molar refractivity (Wildman–Crippen MR) is 66.0 cm³/mol. The number of rotatable bonds is 2. The van der Waals surface area contributed by atoms with Crippen molar-refractivity contribution >= 4 is 6.29 Å². The van der Waals surface area contributed by atoms with Crippen LogP contribution < -0.4 is 0 Å². The van der Waals surface area contributed by atoms with Crippen molar-refractivity contribution in [2.75, 3.05) is 0 Å². The Hall–Kier alpha value is -1.12. The molecule has 3 atom stereocenters. The average Bonchev–Trinajstić information content (AvgIpc) is 2.86. The zero-order valence-corrected chi connectivity index (χ0v) is 10.2. The summed E-state index contributed by atoms with van der Waals surface area (Å²) in [5.41, 5.74) is 0.751. The Morgan fingerprint density at radius 3 is 2.88 bits per heavy atom. The average molecular weight is 232 g/mol. The molecule has 3 nitrogen and oxygen atoms in total. The van der Waals surface area contributed by atoms with Crippen LogP contribution in [0, 0.1) is 11.8 Å². The number of aldehydes is 1. The molecule has 0 saturated heterocycles. The molecule has 3 rings (SSSR count). The van der Waals surface area contributed by atoms with E-state index in [-0.39, 0.29) is 0 Å². The van der Waals surface area contributed by atoms with E-state index in [0.29, 0.717) is 6.04 Å². The molecule has 1 heterocycles. The van der Waals surface area contributed by atoms with Crippen LogP contribution in [0.3, 0.4) is 0 Å². The zero-order chi connectivity index (χ0) is 11.7. The van der Waals surface area contributed by atoms with Crippen LogP contribution in [0.1, 0.15) is 61.5 Å². The Bertz CT molecular complexity index is 397. The molecule has 0 bridgehead atoms. The second kappa shape index (κ2) is 4.63. The van der Waals surface area contributed by atoms with Gasteiger partial charge in [0, 0.05) is 6.04 Å². The highest BCUT2D eigenvalue weighted by atomic mass is 16.1. The molecular weight excluding hydrogens is 212 g/mol. The summed E-state index contributed by atoms with van der Waals surface area (Å²) in [5, 5.41) is 0. The summed E-state index contributed by atoms with van der Waals surface area (Å²) in [6, 6.07) is 0.525. The first kappa shape index (κ1) is 11.0. The van der Waals surface area contributed by atoms with Gasteiger partial charge in [0.1, 0.15) is 5.69 Å². The third-order valence-corrected chi connectivity index (χ3v) is 4.71. The van der Waals surface area contributed by atoms with Crippen LogP contribution in [0.2, 0.25) is 0 Å². The maximum atomic E-state index is 11.0. The fourth-order valence-electron chi connectivity index (χ4n) is 3.93. The van der Waals surface area contributed by atoms with E-state index in [1.54, 1.807) is 6.20 Å². The van der Waals surface area contributed by atoms with E-state index in [4.69, 9.17) is 0 Å². The van der Waals surface area contributed by atoms with Crippen molar-refractivity contribution in [2.24, 2.45) is 11.8 Å². The van der Waals surface area contributed by atoms with Gasteiger partial charge in [0.25, 0.3) is 0 Å². The summed E-state index contributed by atoms with van der Waals surface area (Å²) in [7, 11) is 0. The smallest absolute Gasteiger partial charge is 0.168 e. The highest BCUT2D eigenvalue weighted by Gasteiger charge is 2.36.